The second kappa shape index (κ2) is 8.34. The molecule has 1 atom stereocenters. The van der Waals surface area contributed by atoms with Crippen molar-refractivity contribution in [1.82, 2.24) is 15.0 Å². The number of imidazole rings is 1. The summed E-state index contributed by atoms with van der Waals surface area (Å²) in [6.45, 7) is 1.49. The molecule has 1 amide bonds. The van der Waals surface area contributed by atoms with Crippen LogP contribution in [0.15, 0.2) is 66.9 Å². The molecule has 1 unspecified atom stereocenters. The Labute approximate surface area is 177 Å². The summed E-state index contributed by atoms with van der Waals surface area (Å²) in [4.78, 5) is 36.5. The Balaban J connectivity index is 1.45. The predicted molar refractivity (Wildman–Crippen MR) is 114 cm³/mol. The first-order valence-electron chi connectivity index (χ1n) is 9.18. The van der Waals surface area contributed by atoms with E-state index in [1.807, 2.05) is 30.3 Å². The standard InChI is InChI=1S/C22H17ClN4O3/c1-13(21(28)27-19-10-8-16(23)12-24-19)30-22(29)15-7-9-17-18(11-15)26-20(25-17)14-5-3-2-4-6-14/h2-13H,1H3,(H,25,26)(H,24,27,28). The normalized spacial score (nSPS) is 11.8. The van der Waals surface area contributed by atoms with Gasteiger partial charge in [0.15, 0.2) is 6.10 Å². The van der Waals surface area contributed by atoms with E-state index in [4.69, 9.17) is 16.3 Å². The summed E-state index contributed by atoms with van der Waals surface area (Å²) in [5.74, 6) is -0.0782. The molecule has 0 spiro atoms. The number of anilines is 1. The molecule has 0 bridgehead atoms. The quantitative estimate of drug-likeness (QED) is 0.464. The van der Waals surface area contributed by atoms with Crippen molar-refractivity contribution in [2.75, 3.05) is 5.32 Å². The second-order valence-corrected chi connectivity index (χ2v) is 7.02. The van der Waals surface area contributed by atoms with Gasteiger partial charge in [0, 0.05) is 11.8 Å². The highest BCUT2D eigenvalue weighted by Gasteiger charge is 2.20. The van der Waals surface area contributed by atoms with Gasteiger partial charge in [0.05, 0.1) is 21.6 Å². The summed E-state index contributed by atoms with van der Waals surface area (Å²) in [6, 6.07) is 17.8. The molecular weight excluding hydrogens is 404 g/mol. The minimum absolute atomic E-state index is 0.315. The summed E-state index contributed by atoms with van der Waals surface area (Å²) in [7, 11) is 0. The van der Waals surface area contributed by atoms with Crippen molar-refractivity contribution in [2.24, 2.45) is 0 Å². The van der Waals surface area contributed by atoms with E-state index >= 15 is 0 Å². The average molecular weight is 421 g/mol. The lowest BCUT2D eigenvalue weighted by Gasteiger charge is -2.13. The summed E-state index contributed by atoms with van der Waals surface area (Å²) < 4.78 is 5.30. The van der Waals surface area contributed by atoms with Gasteiger partial charge in [-0.2, -0.15) is 0 Å². The van der Waals surface area contributed by atoms with Gasteiger partial charge in [0.25, 0.3) is 5.91 Å². The number of aromatic amines is 1. The van der Waals surface area contributed by atoms with Crippen LogP contribution in [0.3, 0.4) is 0 Å². The number of carbonyl (C=O) groups excluding carboxylic acids is 2. The molecule has 8 heteroatoms. The van der Waals surface area contributed by atoms with Crippen molar-refractivity contribution in [3.05, 3.63) is 77.4 Å². The topological polar surface area (TPSA) is 97.0 Å². The molecule has 30 heavy (non-hydrogen) atoms. The Bertz CT molecular complexity index is 1210. The molecule has 0 radical (unpaired) electrons. The van der Waals surface area contributed by atoms with Gasteiger partial charge in [-0.25, -0.2) is 14.8 Å². The van der Waals surface area contributed by atoms with Gasteiger partial charge < -0.3 is 15.0 Å². The first kappa shape index (κ1) is 19.6. The average Bonchev–Trinajstić information content (AvgIpc) is 3.19. The lowest BCUT2D eigenvalue weighted by atomic mass is 10.2. The Morgan fingerprint density at radius 2 is 1.90 bits per heavy atom. The Morgan fingerprint density at radius 1 is 1.10 bits per heavy atom. The number of nitrogens with zero attached hydrogens (tertiary/aromatic N) is 2. The van der Waals surface area contributed by atoms with Gasteiger partial charge in [-0.05, 0) is 37.3 Å². The van der Waals surface area contributed by atoms with Crippen LogP contribution in [-0.2, 0) is 9.53 Å². The number of H-pyrrole nitrogens is 1. The van der Waals surface area contributed by atoms with E-state index in [9.17, 15) is 9.59 Å². The van der Waals surface area contributed by atoms with Crippen molar-refractivity contribution in [3.8, 4) is 11.4 Å². The van der Waals surface area contributed by atoms with Gasteiger partial charge in [0.2, 0.25) is 0 Å². The number of fused-ring (bicyclic) bond motifs is 1. The Kier molecular flexibility index (Phi) is 5.45. The maximum Gasteiger partial charge on any atom is 0.338 e. The number of hydrogen-bond acceptors (Lipinski definition) is 5. The van der Waals surface area contributed by atoms with E-state index in [1.165, 1.54) is 13.1 Å². The third-order valence-corrected chi connectivity index (χ3v) is 4.62. The van der Waals surface area contributed by atoms with Crippen LogP contribution in [0, 0.1) is 0 Å². The number of nitrogens with one attached hydrogen (secondary N) is 2. The molecule has 0 aliphatic heterocycles. The van der Waals surface area contributed by atoms with Crippen molar-refractivity contribution in [1.29, 1.82) is 0 Å². The van der Waals surface area contributed by atoms with E-state index < -0.39 is 18.0 Å². The van der Waals surface area contributed by atoms with Crippen LogP contribution in [0.1, 0.15) is 17.3 Å². The minimum Gasteiger partial charge on any atom is -0.449 e. The molecule has 4 aromatic rings. The number of rotatable bonds is 5. The van der Waals surface area contributed by atoms with Crippen LogP contribution in [0.5, 0.6) is 0 Å². The molecule has 0 aliphatic carbocycles. The van der Waals surface area contributed by atoms with Crippen LogP contribution >= 0.6 is 11.6 Å². The predicted octanol–water partition coefficient (Wildman–Crippen LogP) is 4.46. The third-order valence-electron chi connectivity index (χ3n) is 4.40. The van der Waals surface area contributed by atoms with Gasteiger partial charge in [-0.15, -0.1) is 0 Å². The van der Waals surface area contributed by atoms with E-state index in [1.54, 1.807) is 30.3 Å². The number of aromatic nitrogens is 3. The number of halogens is 1. The first-order chi connectivity index (χ1) is 14.5. The van der Waals surface area contributed by atoms with Gasteiger partial charge >= 0.3 is 5.97 Å². The highest BCUT2D eigenvalue weighted by atomic mass is 35.5. The monoisotopic (exact) mass is 420 g/mol. The van der Waals surface area contributed by atoms with Gasteiger partial charge in [-0.3, -0.25) is 4.79 Å². The number of benzene rings is 2. The smallest absolute Gasteiger partial charge is 0.338 e. The minimum atomic E-state index is -1.01. The molecule has 150 valence electrons. The van der Waals surface area contributed by atoms with Crippen LogP contribution in [0.4, 0.5) is 5.82 Å². The molecule has 0 saturated carbocycles. The SMILES string of the molecule is CC(OC(=O)c1ccc2nc(-c3ccccc3)[nH]c2c1)C(=O)Nc1ccc(Cl)cn1. The van der Waals surface area contributed by atoms with E-state index in [2.05, 4.69) is 20.3 Å². The molecule has 7 nitrogen and oxygen atoms in total. The number of carbonyl (C=O) groups is 2. The molecule has 2 aromatic carbocycles. The van der Waals surface area contributed by atoms with Gasteiger partial charge in [-0.1, -0.05) is 41.9 Å². The summed E-state index contributed by atoms with van der Waals surface area (Å²) >= 11 is 5.77. The van der Waals surface area contributed by atoms with Crippen LogP contribution in [0.25, 0.3) is 22.4 Å². The second-order valence-electron chi connectivity index (χ2n) is 6.58. The first-order valence-corrected chi connectivity index (χ1v) is 9.56. The molecule has 4 rings (SSSR count). The van der Waals surface area contributed by atoms with Crippen molar-refractivity contribution in [3.63, 3.8) is 0 Å². The number of hydrogen-bond donors (Lipinski definition) is 2. The fourth-order valence-corrected chi connectivity index (χ4v) is 2.94. The Hall–Kier alpha value is -3.71. The molecule has 2 N–H and O–H groups in total. The molecular formula is C22H17ClN4O3. The van der Waals surface area contributed by atoms with Crippen LogP contribution in [0.2, 0.25) is 5.02 Å². The van der Waals surface area contributed by atoms with E-state index in [0.29, 0.717) is 27.7 Å². The van der Waals surface area contributed by atoms with Crippen molar-refractivity contribution >= 4 is 40.3 Å². The van der Waals surface area contributed by atoms with Crippen molar-refractivity contribution in [2.45, 2.75) is 13.0 Å². The zero-order valence-corrected chi connectivity index (χ0v) is 16.7. The van der Waals surface area contributed by atoms with E-state index in [0.717, 1.165) is 11.1 Å². The maximum atomic E-state index is 12.5. The molecule has 2 aromatic heterocycles. The third kappa shape index (κ3) is 4.31. The summed E-state index contributed by atoms with van der Waals surface area (Å²) in [5.41, 5.74) is 2.68. The highest BCUT2D eigenvalue weighted by molar-refractivity contribution is 6.30. The number of ether oxygens (including phenoxy) is 1. The zero-order chi connectivity index (χ0) is 21.1. The maximum absolute atomic E-state index is 12.5. The van der Waals surface area contributed by atoms with Gasteiger partial charge in [0.1, 0.15) is 11.6 Å². The summed E-state index contributed by atoms with van der Waals surface area (Å²) in [6.07, 6.45) is 0.407. The fourth-order valence-electron chi connectivity index (χ4n) is 2.83. The lowest BCUT2D eigenvalue weighted by Crippen LogP contribution is -2.30. The van der Waals surface area contributed by atoms with Crippen molar-refractivity contribution < 1.29 is 14.3 Å². The zero-order valence-electron chi connectivity index (χ0n) is 15.9. The fraction of sp³-hybridized carbons (Fsp3) is 0.0909. The summed E-state index contributed by atoms with van der Waals surface area (Å²) in [5, 5.41) is 3.03. The number of esters is 1. The highest BCUT2D eigenvalue weighted by Crippen LogP contribution is 2.21. The Morgan fingerprint density at radius 3 is 2.63 bits per heavy atom. The molecule has 2 heterocycles. The largest absolute Gasteiger partial charge is 0.449 e. The number of pyridine rings is 1. The number of amides is 1. The van der Waals surface area contributed by atoms with Crippen LogP contribution in [-0.4, -0.2) is 32.9 Å². The molecule has 0 fully saturated rings. The van der Waals surface area contributed by atoms with E-state index in [-0.39, 0.29) is 0 Å². The lowest BCUT2D eigenvalue weighted by molar-refractivity contribution is -0.123. The van der Waals surface area contributed by atoms with Crippen LogP contribution < -0.4 is 5.32 Å². The molecule has 0 aliphatic rings. The molecule has 0 saturated heterocycles.